The molecule has 2 rings (SSSR count). The molecule has 5 nitrogen and oxygen atoms in total. The Morgan fingerprint density at radius 3 is 2.38 bits per heavy atom. The van der Waals surface area contributed by atoms with E-state index in [4.69, 9.17) is 9.84 Å². The molecule has 2 heterocycles. The third-order valence-electron chi connectivity index (χ3n) is 3.15. The van der Waals surface area contributed by atoms with E-state index in [9.17, 15) is 9.59 Å². The maximum Gasteiger partial charge on any atom is 0.352 e. The minimum Gasteiger partial charge on any atom is -0.477 e. The first-order valence-corrected chi connectivity index (χ1v) is 5.06. The second-order valence-corrected chi connectivity index (χ2v) is 4.09. The molecule has 0 aromatic carbocycles. The van der Waals surface area contributed by atoms with E-state index in [1.54, 1.807) is 13.8 Å². The van der Waals surface area contributed by atoms with Gasteiger partial charge < -0.3 is 14.8 Å². The average molecular weight is 223 g/mol. The summed E-state index contributed by atoms with van der Waals surface area (Å²) in [5.74, 6) is -1.66. The molecule has 2 N–H and O–H groups in total. The van der Waals surface area contributed by atoms with Gasteiger partial charge in [0, 0.05) is 5.69 Å². The Kier molecular flexibility index (Phi) is 2.26. The van der Waals surface area contributed by atoms with Crippen LogP contribution in [0, 0.1) is 13.8 Å². The molecule has 0 radical (unpaired) electrons. The van der Waals surface area contributed by atoms with Crippen molar-refractivity contribution in [3.8, 4) is 0 Å². The molecule has 2 atom stereocenters. The van der Waals surface area contributed by atoms with Crippen molar-refractivity contribution in [2.75, 3.05) is 0 Å². The molecule has 1 aromatic rings. The average Bonchev–Trinajstić information content (AvgIpc) is 2.46. The molecule has 0 aliphatic carbocycles. The maximum absolute atomic E-state index is 11.3. The van der Waals surface area contributed by atoms with Gasteiger partial charge in [0.2, 0.25) is 0 Å². The number of cyclic esters (lactones) is 1. The second kappa shape index (κ2) is 3.37. The Bertz CT molecular complexity index is 475. The summed E-state index contributed by atoms with van der Waals surface area (Å²) in [5, 5.41) is 8.96. The Labute approximate surface area is 92.4 Å². The van der Waals surface area contributed by atoms with Crippen LogP contribution in [0.5, 0.6) is 0 Å². The number of nitrogens with one attached hydrogen (secondary N) is 1. The number of esters is 1. The number of aromatic nitrogens is 1. The third-order valence-corrected chi connectivity index (χ3v) is 3.15. The molecule has 0 unspecified atom stereocenters. The SMILES string of the molecule is Cc1c(C(=O)O)[nH]c([C@@H]2C(=O)O[C@@H]2C)c1C. The lowest BCUT2D eigenvalue weighted by Crippen LogP contribution is -2.41. The van der Waals surface area contributed by atoms with Gasteiger partial charge in [-0.1, -0.05) is 0 Å². The van der Waals surface area contributed by atoms with Crippen molar-refractivity contribution in [3.63, 3.8) is 0 Å². The van der Waals surface area contributed by atoms with Crippen molar-refractivity contribution in [1.82, 2.24) is 4.98 Å². The van der Waals surface area contributed by atoms with Crippen molar-refractivity contribution in [1.29, 1.82) is 0 Å². The lowest BCUT2D eigenvalue weighted by molar-refractivity contribution is -0.173. The smallest absolute Gasteiger partial charge is 0.352 e. The van der Waals surface area contributed by atoms with Crippen LogP contribution in [0.25, 0.3) is 0 Å². The molecular weight excluding hydrogens is 210 g/mol. The van der Waals surface area contributed by atoms with Crippen molar-refractivity contribution >= 4 is 11.9 Å². The predicted octanol–water partition coefficient (Wildman–Crippen LogP) is 1.36. The molecule has 0 spiro atoms. The van der Waals surface area contributed by atoms with Gasteiger partial charge in [0.05, 0.1) is 0 Å². The Hall–Kier alpha value is -1.78. The number of carbonyl (C=O) groups excluding carboxylic acids is 1. The zero-order valence-electron chi connectivity index (χ0n) is 9.33. The summed E-state index contributed by atoms with van der Waals surface area (Å²) in [6, 6.07) is 0. The van der Waals surface area contributed by atoms with Crippen LogP contribution >= 0.6 is 0 Å². The number of hydrogen-bond donors (Lipinski definition) is 2. The highest BCUT2D eigenvalue weighted by molar-refractivity contribution is 5.90. The molecule has 1 saturated heterocycles. The van der Waals surface area contributed by atoms with E-state index in [-0.39, 0.29) is 23.7 Å². The number of carboxylic acid groups (broad SMARTS) is 1. The predicted molar refractivity (Wildman–Crippen MR) is 55.5 cm³/mol. The monoisotopic (exact) mass is 223 g/mol. The number of carbonyl (C=O) groups is 2. The van der Waals surface area contributed by atoms with E-state index in [2.05, 4.69) is 4.98 Å². The van der Waals surface area contributed by atoms with Gasteiger partial charge in [0.25, 0.3) is 0 Å². The van der Waals surface area contributed by atoms with Crippen LogP contribution in [0.3, 0.4) is 0 Å². The molecular formula is C11H13NO4. The second-order valence-electron chi connectivity index (χ2n) is 4.09. The topological polar surface area (TPSA) is 79.4 Å². The summed E-state index contributed by atoms with van der Waals surface area (Å²) in [4.78, 5) is 25.0. The van der Waals surface area contributed by atoms with Crippen LogP contribution in [0.1, 0.15) is 40.2 Å². The van der Waals surface area contributed by atoms with Gasteiger partial charge in [-0.15, -0.1) is 0 Å². The molecule has 1 aromatic heterocycles. The number of H-pyrrole nitrogens is 1. The van der Waals surface area contributed by atoms with Gasteiger partial charge in [-0.2, -0.15) is 0 Å². The normalized spacial score (nSPS) is 23.8. The quantitative estimate of drug-likeness (QED) is 0.742. The van der Waals surface area contributed by atoms with E-state index in [0.29, 0.717) is 11.3 Å². The molecule has 1 aliphatic rings. The number of hydrogen-bond acceptors (Lipinski definition) is 3. The Morgan fingerprint density at radius 1 is 1.38 bits per heavy atom. The van der Waals surface area contributed by atoms with Crippen LogP contribution in [-0.2, 0) is 9.53 Å². The highest BCUT2D eigenvalue weighted by Crippen LogP contribution is 2.35. The fourth-order valence-corrected chi connectivity index (χ4v) is 2.03. The molecule has 0 amide bonds. The fraction of sp³-hybridized carbons (Fsp3) is 0.455. The van der Waals surface area contributed by atoms with Crippen molar-refractivity contribution in [2.45, 2.75) is 32.8 Å². The van der Waals surface area contributed by atoms with Gasteiger partial charge in [0.1, 0.15) is 17.7 Å². The van der Waals surface area contributed by atoms with Crippen molar-refractivity contribution < 1.29 is 19.4 Å². The summed E-state index contributed by atoms with van der Waals surface area (Å²) in [6.07, 6.45) is -0.189. The highest BCUT2D eigenvalue weighted by Gasteiger charge is 2.42. The molecule has 86 valence electrons. The Balaban J connectivity index is 2.46. The fourth-order valence-electron chi connectivity index (χ4n) is 2.03. The first kappa shape index (κ1) is 10.7. The standard InChI is InChI=1S/C11H13NO4/c1-4-5(2)9(10(13)14)12-8(4)7-6(3)16-11(7)15/h6-7,12H,1-3H3,(H,13,14)/t6-,7-/m1/s1. The molecule has 5 heteroatoms. The van der Waals surface area contributed by atoms with E-state index in [1.165, 1.54) is 0 Å². The molecule has 1 aliphatic heterocycles. The first-order valence-electron chi connectivity index (χ1n) is 5.06. The van der Waals surface area contributed by atoms with Gasteiger partial charge in [-0.25, -0.2) is 4.79 Å². The van der Waals surface area contributed by atoms with Crippen LogP contribution < -0.4 is 0 Å². The largest absolute Gasteiger partial charge is 0.477 e. The van der Waals surface area contributed by atoms with E-state index in [1.807, 2.05) is 6.92 Å². The maximum atomic E-state index is 11.3. The van der Waals surface area contributed by atoms with Crippen LogP contribution in [0.15, 0.2) is 0 Å². The summed E-state index contributed by atoms with van der Waals surface area (Å²) >= 11 is 0. The van der Waals surface area contributed by atoms with E-state index in [0.717, 1.165) is 5.56 Å². The first-order chi connectivity index (χ1) is 7.43. The zero-order valence-corrected chi connectivity index (χ0v) is 9.33. The molecule has 0 bridgehead atoms. The van der Waals surface area contributed by atoms with Gasteiger partial charge >= 0.3 is 11.9 Å². The minimum absolute atomic E-state index is 0.152. The summed E-state index contributed by atoms with van der Waals surface area (Å²) in [7, 11) is 0. The third kappa shape index (κ3) is 1.31. The van der Waals surface area contributed by atoms with Crippen molar-refractivity contribution in [3.05, 3.63) is 22.5 Å². The van der Waals surface area contributed by atoms with Gasteiger partial charge in [-0.3, -0.25) is 4.79 Å². The number of rotatable bonds is 2. The summed E-state index contributed by atoms with van der Waals surface area (Å²) in [5.41, 5.74) is 2.32. The lowest BCUT2D eigenvalue weighted by atomic mass is 9.92. The van der Waals surface area contributed by atoms with Crippen LogP contribution in [0.2, 0.25) is 0 Å². The van der Waals surface area contributed by atoms with Gasteiger partial charge in [-0.05, 0) is 31.9 Å². The summed E-state index contributed by atoms with van der Waals surface area (Å²) < 4.78 is 4.86. The zero-order chi connectivity index (χ0) is 12.0. The van der Waals surface area contributed by atoms with Gasteiger partial charge in [0.15, 0.2) is 0 Å². The number of carboxylic acids is 1. The minimum atomic E-state index is -1.01. The van der Waals surface area contributed by atoms with Crippen LogP contribution in [0.4, 0.5) is 0 Å². The van der Waals surface area contributed by atoms with Crippen molar-refractivity contribution in [2.24, 2.45) is 0 Å². The van der Waals surface area contributed by atoms with E-state index < -0.39 is 5.97 Å². The molecule has 0 saturated carbocycles. The number of ether oxygens (including phenoxy) is 1. The number of aromatic carboxylic acids is 1. The highest BCUT2D eigenvalue weighted by atomic mass is 16.6. The molecule has 1 fully saturated rings. The van der Waals surface area contributed by atoms with E-state index >= 15 is 0 Å². The number of aromatic amines is 1. The lowest BCUT2D eigenvalue weighted by Gasteiger charge is -2.32. The molecule has 16 heavy (non-hydrogen) atoms. The summed E-state index contributed by atoms with van der Waals surface area (Å²) in [6.45, 7) is 5.33. The van der Waals surface area contributed by atoms with Crippen LogP contribution in [-0.4, -0.2) is 28.1 Å². The Morgan fingerprint density at radius 2 is 2.00 bits per heavy atom.